The Kier molecular flexibility index (Phi) is 6.16. The number of hydrogen-bond acceptors (Lipinski definition) is 4. The Hall–Kier alpha value is -3.20. The molecule has 6 nitrogen and oxygen atoms in total. The Morgan fingerprint density at radius 3 is 2.93 bits per heavy atom. The molecule has 1 fully saturated rings. The number of rotatable bonds is 5. The molecule has 0 bridgehead atoms. The molecular weight excluding hydrogens is 338 g/mol. The minimum atomic E-state index is 0.312. The van der Waals surface area contributed by atoms with Gasteiger partial charge in [0.15, 0.2) is 5.96 Å². The van der Waals surface area contributed by atoms with E-state index in [1.165, 1.54) is 0 Å². The van der Waals surface area contributed by atoms with Crippen molar-refractivity contribution in [3.8, 4) is 11.8 Å². The number of ether oxygens (including phenoxy) is 1. The van der Waals surface area contributed by atoms with Gasteiger partial charge in [0, 0.05) is 32.7 Å². The molecule has 0 aromatic heterocycles. The van der Waals surface area contributed by atoms with Crippen molar-refractivity contribution in [2.24, 2.45) is 4.99 Å². The molecule has 140 valence electrons. The number of nitriles is 1. The van der Waals surface area contributed by atoms with Gasteiger partial charge in [-0.15, -0.1) is 0 Å². The molecule has 0 saturated carbocycles. The second-order valence-corrected chi connectivity index (χ2v) is 6.49. The number of anilines is 1. The molecule has 0 spiro atoms. The van der Waals surface area contributed by atoms with Crippen LogP contribution in [0.2, 0.25) is 0 Å². The van der Waals surface area contributed by atoms with E-state index >= 15 is 0 Å². The van der Waals surface area contributed by atoms with Gasteiger partial charge >= 0.3 is 0 Å². The van der Waals surface area contributed by atoms with Crippen LogP contribution in [0.25, 0.3) is 0 Å². The van der Waals surface area contributed by atoms with Crippen LogP contribution in [0.3, 0.4) is 0 Å². The summed E-state index contributed by atoms with van der Waals surface area (Å²) in [6, 6.07) is 18.2. The zero-order valence-corrected chi connectivity index (χ0v) is 15.8. The van der Waals surface area contributed by atoms with E-state index in [0.29, 0.717) is 18.2 Å². The first-order valence-electron chi connectivity index (χ1n) is 9.07. The molecule has 3 rings (SSSR count). The van der Waals surface area contributed by atoms with E-state index in [4.69, 9.17) is 10.00 Å². The average Bonchev–Trinajstić information content (AvgIpc) is 3.19. The Morgan fingerprint density at radius 1 is 1.30 bits per heavy atom. The molecule has 0 aliphatic carbocycles. The molecule has 2 N–H and O–H groups in total. The van der Waals surface area contributed by atoms with Crippen LogP contribution >= 0.6 is 0 Å². The third kappa shape index (κ3) is 4.70. The molecule has 2 aromatic rings. The number of nitrogens with zero attached hydrogens (tertiary/aromatic N) is 3. The predicted octanol–water partition coefficient (Wildman–Crippen LogP) is 2.51. The van der Waals surface area contributed by atoms with E-state index < -0.39 is 0 Å². The largest absolute Gasteiger partial charge is 0.495 e. The zero-order valence-electron chi connectivity index (χ0n) is 15.8. The van der Waals surface area contributed by atoms with Gasteiger partial charge in [0.2, 0.25) is 0 Å². The second-order valence-electron chi connectivity index (χ2n) is 6.49. The molecule has 27 heavy (non-hydrogen) atoms. The minimum absolute atomic E-state index is 0.312. The Bertz CT molecular complexity index is 842. The molecule has 1 heterocycles. The van der Waals surface area contributed by atoms with Crippen LogP contribution in [0.15, 0.2) is 53.5 Å². The quantitative estimate of drug-likeness (QED) is 0.631. The Labute approximate surface area is 160 Å². The first-order chi connectivity index (χ1) is 13.2. The van der Waals surface area contributed by atoms with Gasteiger partial charge in [-0.1, -0.05) is 24.3 Å². The molecular formula is C21H25N5O. The average molecular weight is 363 g/mol. The first-order valence-corrected chi connectivity index (χ1v) is 9.07. The lowest BCUT2D eigenvalue weighted by Crippen LogP contribution is -2.44. The monoisotopic (exact) mass is 363 g/mol. The number of methoxy groups -OCH3 is 1. The smallest absolute Gasteiger partial charge is 0.191 e. The predicted molar refractivity (Wildman–Crippen MR) is 108 cm³/mol. The van der Waals surface area contributed by atoms with Gasteiger partial charge in [0.1, 0.15) is 5.75 Å². The minimum Gasteiger partial charge on any atom is -0.495 e. The Morgan fingerprint density at radius 2 is 2.15 bits per heavy atom. The number of nitrogens with one attached hydrogen (secondary N) is 2. The van der Waals surface area contributed by atoms with Crippen molar-refractivity contribution in [2.45, 2.75) is 19.0 Å². The lowest BCUT2D eigenvalue weighted by molar-refractivity contribution is 0.415. The first kappa shape index (κ1) is 18.6. The van der Waals surface area contributed by atoms with Crippen molar-refractivity contribution >= 4 is 11.6 Å². The van der Waals surface area contributed by atoms with Gasteiger partial charge in [-0.25, -0.2) is 0 Å². The van der Waals surface area contributed by atoms with Crippen LogP contribution in [0.4, 0.5) is 5.69 Å². The van der Waals surface area contributed by atoms with E-state index in [0.717, 1.165) is 42.5 Å². The van der Waals surface area contributed by atoms with Crippen molar-refractivity contribution in [1.29, 1.82) is 5.26 Å². The number of aliphatic imine (C=N–C) groups is 1. The van der Waals surface area contributed by atoms with Gasteiger partial charge in [-0.2, -0.15) is 5.26 Å². The maximum absolute atomic E-state index is 9.01. The van der Waals surface area contributed by atoms with Gasteiger partial charge in [0.05, 0.1) is 24.4 Å². The third-order valence-electron chi connectivity index (χ3n) is 4.69. The number of benzene rings is 2. The van der Waals surface area contributed by atoms with E-state index in [-0.39, 0.29) is 0 Å². The SMILES string of the molecule is CN=C(NCc1cccc(C#N)c1)NC1CCN(c2ccccc2OC)C1. The summed E-state index contributed by atoms with van der Waals surface area (Å²) in [6.07, 6.45) is 1.03. The van der Waals surface area contributed by atoms with E-state index in [1.807, 2.05) is 42.5 Å². The van der Waals surface area contributed by atoms with Crippen molar-refractivity contribution < 1.29 is 4.74 Å². The molecule has 1 atom stereocenters. The summed E-state index contributed by atoms with van der Waals surface area (Å²) < 4.78 is 5.48. The second kappa shape index (κ2) is 8.95. The molecule has 0 radical (unpaired) electrons. The summed E-state index contributed by atoms with van der Waals surface area (Å²) >= 11 is 0. The zero-order chi connectivity index (χ0) is 19.1. The van der Waals surface area contributed by atoms with E-state index in [2.05, 4.69) is 32.7 Å². The van der Waals surface area contributed by atoms with Crippen LogP contribution in [0, 0.1) is 11.3 Å². The topological polar surface area (TPSA) is 72.7 Å². The normalized spacial score (nSPS) is 16.7. The van der Waals surface area contributed by atoms with Gasteiger partial charge in [-0.3, -0.25) is 4.99 Å². The third-order valence-corrected chi connectivity index (χ3v) is 4.69. The molecule has 2 aromatic carbocycles. The fourth-order valence-corrected chi connectivity index (χ4v) is 3.31. The summed E-state index contributed by atoms with van der Waals surface area (Å²) in [4.78, 5) is 6.66. The van der Waals surface area contributed by atoms with Crippen molar-refractivity contribution in [1.82, 2.24) is 10.6 Å². The van der Waals surface area contributed by atoms with Crippen molar-refractivity contribution in [3.63, 3.8) is 0 Å². The fraction of sp³-hybridized carbons (Fsp3) is 0.333. The lowest BCUT2D eigenvalue weighted by atomic mass is 10.1. The summed E-state index contributed by atoms with van der Waals surface area (Å²) in [7, 11) is 3.48. The fourth-order valence-electron chi connectivity index (χ4n) is 3.31. The van der Waals surface area contributed by atoms with Gasteiger partial charge in [0.25, 0.3) is 0 Å². The molecule has 1 unspecified atom stereocenters. The molecule has 6 heteroatoms. The standard InChI is InChI=1S/C21H25N5O/c1-23-21(24-14-17-7-5-6-16(12-17)13-22)25-18-10-11-26(15-18)19-8-3-4-9-20(19)27-2/h3-9,12,18H,10-11,14-15H2,1-2H3,(H2,23,24,25). The highest BCUT2D eigenvalue weighted by Gasteiger charge is 2.25. The van der Waals surface area contributed by atoms with Crippen LogP contribution in [-0.2, 0) is 6.54 Å². The van der Waals surface area contributed by atoms with Crippen LogP contribution < -0.4 is 20.3 Å². The molecule has 1 aliphatic rings. The molecule has 1 aliphatic heterocycles. The summed E-state index contributed by atoms with van der Waals surface area (Å²) in [5, 5.41) is 15.8. The highest BCUT2D eigenvalue weighted by molar-refractivity contribution is 5.80. The maximum atomic E-state index is 9.01. The summed E-state index contributed by atoms with van der Waals surface area (Å²) in [5.41, 5.74) is 2.85. The summed E-state index contributed by atoms with van der Waals surface area (Å²) in [6.45, 7) is 2.49. The van der Waals surface area contributed by atoms with Crippen molar-refractivity contribution in [3.05, 3.63) is 59.7 Å². The van der Waals surface area contributed by atoms with E-state index in [9.17, 15) is 0 Å². The van der Waals surface area contributed by atoms with Gasteiger partial charge in [-0.05, 0) is 36.2 Å². The highest BCUT2D eigenvalue weighted by atomic mass is 16.5. The van der Waals surface area contributed by atoms with Crippen LogP contribution in [-0.4, -0.2) is 39.2 Å². The Balaban J connectivity index is 1.55. The van der Waals surface area contributed by atoms with E-state index in [1.54, 1.807) is 14.2 Å². The highest BCUT2D eigenvalue weighted by Crippen LogP contribution is 2.30. The summed E-state index contributed by atoms with van der Waals surface area (Å²) in [5.74, 6) is 1.67. The number of para-hydroxylation sites is 2. The molecule has 1 saturated heterocycles. The number of hydrogen-bond donors (Lipinski definition) is 2. The van der Waals surface area contributed by atoms with Gasteiger partial charge < -0.3 is 20.3 Å². The van der Waals surface area contributed by atoms with Crippen molar-refractivity contribution in [2.75, 3.05) is 32.1 Å². The maximum Gasteiger partial charge on any atom is 0.191 e. The molecule has 0 amide bonds. The van der Waals surface area contributed by atoms with Crippen LogP contribution in [0.1, 0.15) is 17.5 Å². The lowest BCUT2D eigenvalue weighted by Gasteiger charge is -2.22. The van der Waals surface area contributed by atoms with Crippen LogP contribution in [0.5, 0.6) is 5.75 Å². The number of guanidine groups is 1.